The van der Waals surface area contributed by atoms with Crippen molar-refractivity contribution in [2.24, 2.45) is 0 Å². The molecule has 2 aromatic carbocycles. The molecule has 4 aromatic rings. The Balaban J connectivity index is 1.48. The summed E-state index contributed by atoms with van der Waals surface area (Å²) in [6, 6.07) is 15.2. The molecule has 0 radical (unpaired) electrons. The number of amides is 1. The van der Waals surface area contributed by atoms with Crippen molar-refractivity contribution in [3.8, 4) is 22.6 Å². The van der Waals surface area contributed by atoms with Crippen molar-refractivity contribution in [3.05, 3.63) is 71.0 Å². The number of hydrogen-bond donors (Lipinski definition) is 0. The molecule has 1 saturated heterocycles. The second-order valence-corrected chi connectivity index (χ2v) is 10.4. The van der Waals surface area contributed by atoms with E-state index in [1.165, 1.54) is 11.3 Å². The summed E-state index contributed by atoms with van der Waals surface area (Å²) in [6.45, 7) is 6.33. The van der Waals surface area contributed by atoms with Crippen LogP contribution in [0.25, 0.3) is 21.2 Å². The van der Waals surface area contributed by atoms with E-state index < -0.39 is 0 Å². The highest BCUT2D eigenvalue weighted by Gasteiger charge is 2.27. The molecule has 5 rings (SSSR count). The second-order valence-electron chi connectivity index (χ2n) is 9.34. The number of anilines is 1. The van der Waals surface area contributed by atoms with Gasteiger partial charge in [-0.05, 0) is 47.4 Å². The number of rotatable bonds is 6. The fourth-order valence-corrected chi connectivity index (χ4v) is 5.95. The van der Waals surface area contributed by atoms with E-state index in [2.05, 4.69) is 9.88 Å². The number of fused-ring (bicyclic) bond motifs is 1. The Morgan fingerprint density at radius 2 is 1.68 bits per heavy atom. The van der Waals surface area contributed by atoms with Crippen LogP contribution in [0.2, 0.25) is 0 Å². The molecular formula is C29H30FN3O3S. The second kappa shape index (κ2) is 10.4. The summed E-state index contributed by atoms with van der Waals surface area (Å²) in [5, 5.41) is 0.733. The molecule has 8 heteroatoms. The van der Waals surface area contributed by atoms with Gasteiger partial charge in [0.2, 0.25) is 0 Å². The zero-order valence-corrected chi connectivity index (χ0v) is 22.3. The van der Waals surface area contributed by atoms with Crippen molar-refractivity contribution >= 4 is 33.1 Å². The third-order valence-electron chi connectivity index (χ3n) is 6.84. The molecule has 0 bridgehead atoms. The van der Waals surface area contributed by atoms with Crippen molar-refractivity contribution < 1.29 is 18.7 Å². The van der Waals surface area contributed by atoms with Crippen LogP contribution in [-0.4, -0.2) is 56.2 Å². The lowest BCUT2D eigenvalue weighted by atomic mass is 9.93. The Morgan fingerprint density at radius 3 is 2.38 bits per heavy atom. The van der Waals surface area contributed by atoms with Gasteiger partial charge in [0, 0.05) is 43.3 Å². The minimum Gasteiger partial charge on any atom is -0.496 e. The summed E-state index contributed by atoms with van der Waals surface area (Å²) >= 11 is 1.23. The molecule has 37 heavy (non-hydrogen) atoms. The fourth-order valence-electron chi connectivity index (χ4n) is 4.85. The monoisotopic (exact) mass is 519 g/mol. The Kier molecular flexibility index (Phi) is 7.02. The molecule has 0 atom stereocenters. The van der Waals surface area contributed by atoms with Crippen molar-refractivity contribution in [3.63, 3.8) is 0 Å². The number of nitrogens with zero attached hydrogens (tertiary/aromatic N) is 3. The highest BCUT2D eigenvalue weighted by atomic mass is 32.1. The van der Waals surface area contributed by atoms with E-state index in [9.17, 15) is 4.79 Å². The summed E-state index contributed by atoms with van der Waals surface area (Å²) in [5.74, 6) is 1.88. The molecule has 1 amide bonds. The number of para-hydroxylation sites is 1. The highest BCUT2D eigenvalue weighted by Crippen LogP contribution is 2.42. The maximum absolute atomic E-state index is 15.7. The largest absolute Gasteiger partial charge is 0.496 e. The van der Waals surface area contributed by atoms with Crippen LogP contribution >= 0.6 is 11.3 Å². The fraction of sp³-hybridized carbons (Fsp3) is 0.310. The predicted molar refractivity (Wildman–Crippen MR) is 147 cm³/mol. The van der Waals surface area contributed by atoms with Gasteiger partial charge in [0.15, 0.2) is 11.6 Å². The van der Waals surface area contributed by atoms with Gasteiger partial charge in [-0.25, -0.2) is 9.37 Å². The zero-order chi connectivity index (χ0) is 26.1. The minimum atomic E-state index is -0.250. The molecule has 2 aromatic heterocycles. The molecule has 0 N–H and O–H groups in total. The summed E-state index contributed by atoms with van der Waals surface area (Å²) in [4.78, 5) is 22.5. The number of carbonyl (C=O) groups is 1. The van der Waals surface area contributed by atoms with Crippen LogP contribution in [0, 0.1) is 5.82 Å². The predicted octanol–water partition coefficient (Wildman–Crippen LogP) is 6.21. The van der Waals surface area contributed by atoms with Gasteiger partial charge in [-0.3, -0.25) is 4.79 Å². The first kappa shape index (κ1) is 25.0. The molecule has 1 fully saturated rings. The van der Waals surface area contributed by atoms with E-state index in [0.717, 1.165) is 22.3 Å². The number of hydrogen-bond acceptors (Lipinski definition) is 6. The van der Waals surface area contributed by atoms with Crippen molar-refractivity contribution in [1.82, 2.24) is 9.88 Å². The van der Waals surface area contributed by atoms with Gasteiger partial charge in [-0.1, -0.05) is 32.0 Å². The standard InChI is InChI=1S/C29H30FN3O3S/c1-18(2)20-16-21(19-8-5-6-9-23(19)35-3)22-17-25(37-27(22)26(20)30)29(34)33-14-12-32(13-15-33)28-24(36-4)10-7-11-31-28/h5-11,16-18H,12-15H2,1-4H3. The molecular weight excluding hydrogens is 489 g/mol. The topological polar surface area (TPSA) is 54.9 Å². The van der Waals surface area contributed by atoms with Crippen LogP contribution in [0.3, 0.4) is 0 Å². The number of thiophene rings is 1. The minimum absolute atomic E-state index is 0.00391. The summed E-state index contributed by atoms with van der Waals surface area (Å²) in [6.07, 6.45) is 1.74. The number of ether oxygens (including phenoxy) is 2. The zero-order valence-electron chi connectivity index (χ0n) is 21.5. The number of halogens is 1. The third-order valence-corrected chi connectivity index (χ3v) is 7.96. The summed E-state index contributed by atoms with van der Waals surface area (Å²) < 4.78 is 27.2. The smallest absolute Gasteiger partial charge is 0.264 e. The van der Waals surface area contributed by atoms with Crippen LogP contribution in [0.4, 0.5) is 10.2 Å². The molecule has 6 nitrogen and oxygen atoms in total. The molecule has 192 valence electrons. The van der Waals surface area contributed by atoms with Gasteiger partial charge in [-0.2, -0.15) is 0 Å². The lowest BCUT2D eigenvalue weighted by molar-refractivity contribution is 0.0751. The van der Waals surface area contributed by atoms with E-state index in [0.29, 0.717) is 52.8 Å². The Labute approximate surface area is 220 Å². The average Bonchev–Trinajstić information content (AvgIpc) is 3.39. The number of piperazine rings is 1. The normalized spacial score (nSPS) is 13.9. The molecule has 1 aliphatic heterocycles. The van der Waals surface area contributed by atoms with Gasteiger partial charge in [0.25, 0.3) is 5.91 Å². The van der Waals surface area contributed by atoms with E-state index in [1.54, 1.807) is 20.4 Å². The number of aromatic nitrogens is 1. The molecule has 3 heterocycles. The van der Waals surface area contributed by atoms with Crippen LogP contribution < -0.4 is 14.4 Å². The summed E-state index contributed by atoms with van der Waals surface area (Å²) in [7, 11) is 3.26. The van der Waals surface area contributed by atoms with E-state index >= 15 is 4.39 Å². The highest BCUT2D eigenvalue weighted by molar-refractivity contribution is 7.21. The van der Waals surface area contributed by atoms with Crippen molar-refractivity contribution in [2.75, 3.05) is 45.3 Å². The Hall–Kier alpha value is -3.65. The summed E-state index contributed by atoms with van der Waals surface area (Å²) in [5.41, 5.74) is 2.39. The van der Waals surface area contributed by atoms with Crippen molar-refractivity contribution in [2.45, 2.75) is 19.8 Å². The maximum atomic E-state index is 15.7. The van der Waals surface area contributed by atoms with Crippen LogP contribution in [0.15, 0.2) is 54.7 Å². The van der Waals surface area contributed by atoms with Crippen molar-refractivity contribution in [1.29, 1.82) is 0 Å². The Bertz CT molecular complexity index is 1440. The average molecular weight is 520 g/mol. The number of benzene rings is 2. The van der Waals surface area contributed by atoms with Crippen LogP contribution in [0.5, 0.6) is 11.5 Å². The van der Waals surface area contributed by atoms with Crippen LogP contribution in [0.1, 0.15) is 35.0 Å². The van der Waals surface area contributed by atoms with E-state index in [1.807, 2.05) is 67.3 Å². The lowest BCUT2D eigenvalue weighted by Gasteiger charge is -2.35. The van der Waals surface area contributed by atoms with Gasteiger partial charge in [-0.15, -0.1) is 11.3 Å². The SMILES string of the molecule is COc1ccccc1-c1cc(C(C)C)c(F)c2sc(C(=O)N3CCN(c4ncccc4OC)CC3)cc12. The van der Waals surface area contributed by atoms with Gasteiger partial charge >= 0.3 is 0 Å². The number of pyridine rings is 1. The quantitative estimate of drug-likeness (QED) is 0.303. The maximum Gasteiger partial charge on any atom is 0.264 e. The van der Waals surface area contributed by atoms with Gasteiger partial charge in [0.1, 0.15) is 11.6 Å². The first-order valence-electron chi connectivity index (χ1n) is 12.4. The Morgan fingerprint density at radius 1 is 0.973 bits per heavy atom. The first-order valence-corrected chi connectivity index (χ1v) is 13.2. The van der Waals surface area contributed by atoms with Gasteiger partial charge in [0.05, 0.1) is 23.8 Å². The van der Waals surface area contributed by atoms with Gasteiger partial charge < -0.3 is 19.3 Å². The first-order chi connectivity index (χ1) is 17.9. The molecule has 1 aliphatic rings. The molecule has 0 saturated carbocycles. The molecule has 0 aliphatic carbocycles. The molecule has 0 unspecified atom stereocenters. The van der Waals surface area contributed by atoms with E-state index in [4.69, 9.17) is 9.47 Å². The van der Waals surface area contributed by atoms with E-state index in [-0.39, 0.29) is 17.6 Å². The third kappa shape index (κ3) is 4.62. The number of carbonyl (C=O) groups excluding carboxylic acids is 1. The molecule has 0 spiro atoms. The number of methoxy groups -OCH3 is 2. The lowest BCUT2D eigenvalue weighted by Crippen LogP contribution is -2.49. The van der Waals surface area contributed by atoms with Crippen LogP contribution in [-0.2, 0) is 0 Å².